The van der Waals surface area contributed by atoms with Gasteiger partial charge in [0.25, 0.3) is 0 Å². The maximum Gasteiger partial charge on any atom is 0.349 e. The molecule has 0 aliphatic carbocycles. The largest absolute Gasteiger partial charge is 0.466 e. The van der Waals surface area contributed by atoms with E-state index in [9.17, 15) is 4.79 Å². The number of aromatic nitrogens is 1. The van der Waals surface area contributed by atoms with E-state index >= 15 is 0 Å². The Hall–Kier alpha value is -3.08. The van der Waals surface area contributed by atoms with Crippen molar-refractivity contribution >= 4 is 22.8 Å². The van der Waals surface area contributed by atoms with E-state index in [4.69, 9.17) is 9.47 Å². The highest BCUT2D eigenvalue weighted by Crippen LogP contribution is 2.18. The first-order valence-corrected chi connectivity index (χ1v) is 8.17. The van der Waals surface area contributed by atoms with E-state index in [1.165, 1.54) is 23.6 Å². The molecule has 0 saturated carbocycles. The minimum atomic E-state index is -0.633. The summed E-state index contributed by atoms with van der Waals surface area (Å²) in [6.45, 7) is 1.10. The molecule has 0 fully saturated rings. The molecule has 2 aromatic carbocycles. The SMILES string of the molecule is COC(=O)C1CN=C(c2ccc(Cn3ccc4ccccc43)cc2)O1. The Morgan fingerprint density at radius 2 is 2.00 bits per heavy atom. The van der Waals surface area contributed by atoms with Crippen LogP contribution in [0.25, 0.3) is 10.9 Å². The molecule has 1 aliphatic rings. The van der Waals surface area contributed by atoms with Gasteiger partial charge in [0.1, 0.15) is 0 Å². The number of ether oxygens (including phenoxy) is 2. The smallest absolute Gasteiger partial charge is 0.349 e. The number of aliphatic imine (C=N–C) groups is 1. The lowest BCUT2D eigenvalue weighted by molar-refractivity contribution is -0.148. The second-order valence-electron chi connectivity index (χ2n) is 5.97. The molecular weight excluding hydrogens is 316 g/mol. The molecule has 1 atom stereocenters. The van der Waals surface area contributed by atoms with Crippen molar-refractivity contribution in [3.05, 3.63) is 71.9 Å². The zero-order valence-electron chi connectivity index (χ0n) is 13.9. The minimum Gasteiger partial charge on any atom is -0.466 e. The van der Waals surface area contributed by atoms with Gasteiger partial charge in [-0.2, -0.15) is 0 Å². The van der Waals surface area contributed by atoms with Crippen molar-refractivity contribution < 1.29 is 14.3 Å². The molecular formula is C20H18N2O3. The van der Waals surface area contributed by atoms with Gasteiger partial charge in [-0.25, -0.2) is 9.79 Å². The molecule has 25 heavy (non-hydrogen) atoms. The lowest BCUT2D eigenvalue weighted by Gasteiger charge is -2.10. The van der Waals surface area contributed by atoms with E-state index in [2.05, 4.69) is 52.2 Å². The van der Waals surface area contributed by atoms with Gasteiger partial charge in [0.15, 0.2) is 0 Å². The lowest BCUT2D eigenvalue weighted by atomic mass is 10.1. The van der Waals surface area contributed by atoms with Gasteiger partial charge < -0.3 is 14.0 Å². The summed E-state index contributed by atoms with van der Waals surface area (Å²) in [6.07, 6.45) is 1.47. The van der Waals surface area contributed by atoms with Crippen molar-refractivity contribution in [3.63, 3.8) is 0 Å². The van der Waals surface area contributed by atoms with Gasteiger partial charge in [-0.15, -0.1) is 0 Å². The normalized spacial score (nSPS) is 16.5. The van der Waals surface area contributed by atoms with E-state index < -0.39 is 12.1 Å². The molecule has 0 spiro atoms. The topological polar surface area (TPSA) is 52.8 Å². The summed E-state index contributed by atoms with van der Waals surface area (Å²) in [5, 5.41) is 1.24. The fourth-order valence-corrected chi connectivity index (χ4v) is 3.02. The Kier molecular flexibility index (Phi) is 3.98. The molecule has 4 rings (SSSR count). The van der Waals surface area contributed by atoms with Gasteiger partial charge in [-0.1, -0.05) is 30.3 Å². The maximum atomic E-state index is 11.5. The second-order valence-corrected chi connectivity index (χ2v) is 5.97. The molecule has 5 heteroatoms. The Morgan fingerprint density at radius 3 is 2.80 bits per heavy atom. The summed E-state index contributed by atoms with van der Waals surface area (Å²) < 4.78 is 12.5. The van der Waals surface area contributed by atoms with Gasteiger partial charge >= 0.3 is 5.97 Å². The number of nitrogens with zero attached hydrogens (tertiary/aromatic N) is 2. The number of esters is 1. The lowest BCUT2D eigenvalue weighted by Crippen LogP contribution is -2.25. The quantitative estimate of drug-likeness (QED) is 0.689. The van der Waals surface area contributed by atoms with Gasteiger partial charge in [-0.3, -0.25) is 0 Å². The van der Waals surface area contributed by atoms with E-state index in [0.29, 0.717) is 12.4 Å². The van der Waals surface area contributed by atoms with Crippen molar-refractivity contribution in [1.82, 2.24) is 4.57 Å². The van der Waals surface area contributed by atoms with Crippen LogP contribution < -0.4 is 0 Å². The molecule has 1 aliphatic heterocycles. The fraction of sp³-hybridized carbons (Fsp3) is 0.200. The molecule has 1 unspecified atom stereocenters. The zero-order chi connectivity index (χ0) is 17.2. The van der Waals surface area contributed by atoms with Crippen molar-refractivity contribution in [2.45, 2.75) is 12.6 Å². The summed E-state index contributed by atoms with van der Waals surface area (Å²) in [7, 11) is 1.35. The number of carbonyl (C=O) groups is 1. The van der Waals surface area contributed by atoms with Crippen LogP contribution in [0.1, 0.15) is 11.1 Å². The summed E-state index contributed by atoms with van der Waals surface area (Å²) in [5.41, 5.74) is 3.27. The summed E-state index contributed by atoms with van der Waals surface area (Å²) >= 11 is 0. The fourth-order valence-electron chi connectivity index (χ4n) is 3.02. The third-order valence-electron chi connectivity index (χ3n) is 4.35. The third-order valence-corrected chi connectivity index (χ3v) is 4.35. The number of methoxy groups -OCH3 is 1. The standard InChI is InChI=1S/C20H18N2O3/c1-24-20(23)18-12-21-19(25-18)16-8-6-14(7-9-16)13-22-11-10-15-4-2-3-5-17(15)22/h2-11,18H,12-13H2,1H3. The van der Waals surface area contributed by atoms with E-state index in [0.717, 1.165) is 12.1 Å². The van der Waals surface area contributed by atoms with Crippen molar-refractivity contribution in [1.29, 1.82) is 0 Å². The van der Waals surface area contributed by atoms with Gasteiger partial charge in [0.2, 0.25) is 12.0 Å². The van der Waals surface area contributed by atoms with Crippen LogP contribution in [0.4, 0.5) is 0 Å². The molecule has 0 bridgehead atoms. The highest BCUT2D eigenvalue weighted by atomic mass is 16.6. The number of hydrogen-bond donors (Lipinski definition) is 0. The highest BCUT2D eigenvalue weighted by Gasteiger charge is 2.28. The Labute approximate surface area is 145 Å². The molecule has 0 N–H and O–H groups in total. The number of hydrogen-bond acceptors (Lipinski definition) is 4. The van der Waals surface area contributed by atoms with Crippen LogP contribution in [0.2, 0.25) is 0 Å². The Morgan fingerprint density at radius 1 is 1.20 bits per heavy atom. The first-order chi connectivity index (χ1) is 12.2. The average Bonchev–Trinajstić information content (AvgIpc) is 3.30. The predicted molar refractivity (Wildman–Crippen MR) is 95.8 cm³/mol. The molecule has 2 heterocycles. The molecule has 0 radical (unpaired) electrons. The average molecular weight is 334 g/mol. The van der Waals surface area contributed by atoms with Gasteiger partial charge in [0, 0.05) is 23.8 Å². The zero-order valence-corrected chi connectivity index (χ0v) is 13.9. The molecule has 3 aromatic rings. The van der Waals surface area contributed by atoms with Crippen molar-refractivity contribution in [2.75, 3.05) is 13.7 Å². The number of carbonyl (C=O) groups excluding carboxylic acids is 1. The molecule has 5 nitrogen and oxygen atoms in total. The second kappa shape index (κ2) is 6.43. The molecule has 126 valence electrons. The predicted octanol–water partition coefficient (Wildman–Crippen LogP) is 3.01. The Bertz CT molecular complexity index is 941. The first kappa shape index (κ1) is 15.4. The maximum absolute atomic E-state index is 11.5. The minimum absolute atomic E-state index is 0.305. The van der Waals surface area contributed by atoms with E-state index in [1.54, 1.807) is 0 Å². The monoisotopic (exact) mass is 334 g/mol. The van der Waals surface area contributed by atoms with Crippen LogP contribution in [0.15, 0.2) is 65.8 Å². The van der Waals surface area contributed by atoms with Crippen LogP contribution in [0.5, 0.6) is 0 Å². The van der Waals surface area contributed by atoms with Gasteiger partial charge in [0.05, 0.1) is 13.7 Å². The Balaban J connectivity index is 1.48. The van der Waals surface area contributed by atoms with Crippen molar-refractivity contribution in [3.8, 4) is 0 Å². The molecule has 0 saturated heterocycles. The van der Waals surface area contributed by atoms with Gasteiger partial charge in [-0.05, 0) is 35.2 Å². The molecule has 1 aromatic heterocycles. The number of rotatable bonds is 4. The highest BCUT2D eigenvalue weighted by molar-refractivity contribution is 5.97. The summed E-state index contributed by atoms with van der Waals surface area (Å²) in [5.74, 6) is 0.100. The van der Waals surface area contributed by atoms with Crippen LogP contribution in [-0.4, -0.2) is 36.2 Å². The number of benzene rings is 2. The van der Waals surface area contributed by atoms with Crippen LogP contribution >= 0.6 is 0 Å². The van der Waals surface area contributed by atoms with Crippen LogP contribution in [-0.2, 0) is 20.8 Å². The number of para-hydroxylation sites is 1. The summed E-state index contributed by atoms with van der Waals surface area (Å²) in [4.78, 5) is 15.8. The first-order valence-electron chi connectivity index (χ1n) is 8.17. The third kappa shape index (κ3) is 3.01. The van der Waals surface area contributed by atoms with Crippen LogP contribution in [0, 0.1) is 0 Å². The number of fused-ring (bicyclic) bond motifs is 1. The van der Waals surface area contributed by atoms with E-state index in [1.807, 2.05) is 18.2 Å². The van der Waals surface area contributed by atoms with E-state index in [-0.39, 0.29) is 0 Å². The van der Waals surface area contributed by atoms with Crippen LogP contribution in [0.3, 0.4) is 0 Å². The van der Waals surface area contributed by atoms with Crippen molar-refractivity contribution in [2.24, 2.45) is 4.99 Å². The summed E-state index contributed by atoms with van der Waals surface area (Å²) in [6, 6.07) is 18.5. The molecule has 0 amide bonds.